The highest BCUT2D eigenvalue weighted by Crippen LogP contribution is 2.65. The summed E-state index contributed by atoms with van der Waals surface area (Å²) in [4.78, 5) is 22.8. The van der Waals surface area contributed by atoms with Crippen molar-refractivity contribution in [2.24, 2.45) is 22.7 Å². The van der Waals surface area contributed by atoms with Gasteiger partial charge >= 0.3 is 11.9 Å². The van der Waals surface area contributed by atoms with E-state index in [0.29, 0.717) is 18.4 Å². The summed E-state index contributed by atoms with van der Waals surface area (Å²) in [5.74, 6) is 0.380. The molecule has 0 aromatic heterocycles. The molecule has 0 radical (unpaired) electrons. The monoisotopic (exact) mass is 374 g/mol. The molecular formula is C16H23BrO5. The van der Waals surface area contributed by atoms with E-state index >= 15 is 0 Å². The first kappa shape index (κ1) is 16.2. The third kappa shape index (κ3) is 3.18. The molecule has 0 heterocycles. The minimum absolute atomic E-state index is 0.0297. The Labute approximate surface area is 138 Å². The van der Waals surface area contributed by atoms with Crippen LogP contribution < -0.4 is 0 Å². The zero-order chi connectivity index (χ0) is 15.8. The minimum Gasteiger partial charge on any atom is -0.463 e. The second-order valence-corrected chi connectivity index (χ2v) is 8.13. The van der Waals surface area contributed by atoms with Crippen LogP contribution in [0.15, 0.2) is 0 Å². The average Bonchev–Trinajstić information content (AvgIpc) is 2.49. The second-order valence-electron chi connectivity index (χ2n) is 7.57. The van der Waals surface area contributed by atoms with Gasteiger partial charge in [-0.15, -0.1) is 0 Å². The van der Waals surface area contributed by atoms with Crippen molar-refractivity contribution in [1.29, 1.82) is 0 Å². The van der Waals surface area contributed by atoms with Crippen LogP contribution in [0, 0.1) is 22.7 Å². The predicted molar refractivity (Wildman–Crippen MR) is 82.3 cm³/mol. The Kier molecular flexibility index (Phi) is 4.52. The SMILES string of the molecule is O=C(CBr)OCC(=O)OCC12CC3CC(CC(CO)(C3)C1)C2. The van der Waals surface area contributed by atoms with Gasteiger partial charge in [0.2, 0.25) is 0 Å². The maximum absolute atomic E-state index is 11.7. The largest absolute Gasteiger partial charge is 0.463 e. The maximum Gasteiger partial charge on any atom is 0.344 e. The van der Waals surface area contributed by atoms with Gasteiger partial charge in [-0.25, -0.2) is 4.79 Å². The van der Waals surface area contributed by atoms with Gasteiger partial charge in [-0.05, 0) is 55.8 Å². The molecule has 5 nitrogen and oxygen atoms in total. The molecule has 22 heavy (non-hydrogen) atoms. The molecule has 0 aromatic carbocycles. The Bertz CT molecular complexity index is 449. The number of hydrogen-bond acceptors (Lipinski definition) is 5. The summed E-state index contributed by atoms with van der Waals surface area (Å²) in [5, 5.41) is 9.90. The van der Waals surface area contributed by atoms with E-state index in [1.807, 2.05) is 0 Å². The van der Waals surface area contributed by atoms with E-state index in [2.05, 4.69) is 15.9 Å². The Hall–Kier alpha value is -0.620. The molecule has 4 aliphatic carbocycles. The Morgan fingerprint density at radius 3 is 2.27 bits per heavy atom. The number of halogens is 1. The normalized spacial score (nSPS) is 38.8. The summed E-state index contributed by atoms with van der Waals surface area (Å²) in [6, 6.07) is 0. The summed E-state index contributed by atoms with van der Waals surface area (Å²) in [7, 11) is 0. The first-order valence-electron chi connectivity index (χ1n) is 7.96. The lowest BCUT2D eigenvalue weighted by Crippen LogP contribution is -2.55. The second kappa shape index (κ2) is 6.11. The van der Waals surface area contributed by atoms with Gasteiger partial charge in [0, 0.05) is 12.0 Å². The lowest BCUT2D eigenvalue weighted by atomic mass is 9.44. The van der Waals surface area contributed by atoms with E-state index in [9.17, 15) is 14.7 Å². The van der Waals surface area contributed by atoms with Gasteiger partial charge in [0.15, 0.2) is 6.61 Å². The van der Waals surface area contributed by atoms with Crippen molar-refractivity contribution in [3.8, 4) is 0 Å². The molecule has 6 heteroatoms. The lowest BCUT2D eigenvalue weighted by Gasteiger charge is -2.61. The fourth-order valence-corrected chi connectivity index (χ4v) is 5.62. The summed E-state index contributed by atoms with van der Waals surface area (Å²) >= 11 is 2.98. The van der Waals surface area contributed by atoms with E-state index in [4.69, 9.17) is 9.47 Å². The number of aliphatic hydroxyl groups excluding tert-OH is 1. The Morgan fingerprint density at radius 2 is 1.68 bits per heavy atom. The van der Waals surface area contributed by atoms with Crippen LogP contribution in [0.2, 0.25) is 0 Å². The number of aliphatic hydroxyl groups is 1. The fourth-order valence-electron chi connectivity index (χ4n) is 5.46. The molecule has 0 amide bonds. The van der Waals surface area contributed by atoms with E-state index in [-0.39, 0.29) is 29.4 Å². The van der Waals surface area contributed by atoms with Crippen LogP contribution >= 0.6 is 15.9 Å². The fraction of sp³-hybridized carbons (Fsp3) is 0.875. The third-order valence-corrected chi connectivity index (χ3v) is 6.10. The molecule has 4 rings (SSSR count). The van der Waals surface area contributed by atoms with E-state index in [0.717, 1.165) is 32.1 Å². The van der Waals surface area contributed by atoms with Gasteiger partial charge in [-0.3, -0.25) is 4.79 Å². The number of rotatable bonds is 6. The Balaban J connectivity index is 1.56. The van der Waals surface area contributed by atoms with Crippen LogP contribution in [0.5, 0.6) is 0 Å². The van der Waals surface area contributed by atoms with Crippen molar-refractivity contribution in [2.75, 3.05) is 25.2 Å². The van der Waals surface area contributed by atoms with Crippen LogP contribution in [0.3, 0.4) is 0 Å². The maximum atomic E-state index is 11.7. The Morgan fingerprint density at radius 1 is 1.05 bits per heavy atom. The molecule has 124 valence electrons. The summed E-state index contributed by atoms with van der Waals surface area (Å²) in [5.41, 5.74) is 0.0842. The average molecular weight is 375 g/mol. The van der Waals surface area contributed by atoms with Gasteiger partial charge < -0.3 is 14.6 Å². The number of hydrogen-bond donors (Lipinski definition) is 1. The number of carbonyl (C=O) groups excluding carboxylic acids is 2. The first-order valence-corrected chi connectivity index (χ1v) is 9.08. The van der Waals surface area contributed by atoms with Gasteiger partial charge in [0.1, 0.15) is 5.33 Å². The van der Waals surface area contributed by atoms with E-state index < -0.39 is 11.9 Å². The molecule has 4 bridgehead atoms. The lowest BCUT2D eigenvalue weighted by molar-refractivity contribution is -0.174. The van der Waals surface area contributed by atoms with Crippen molar-refractivity contribution < 1.29 is 24.2 Å². The molecular weight excluding hydrogens is 352 g/mol. The van der Waals surface area contributed by atoms with Crippen LogP contribution in [0.25, 0.3) is 0 Å². The molecule has 0 aliphatic heterocycles. The van der Waals surface area contributed by atoms with Crippen molar-refractivity contribution in [3.63, 3.8) is 0 Å². The van der Waals surface area contributed by atoms with Crippen LogP contribution in [-0.2, 0) is 19.1 Å². The predicted octanol–water partition coefficient (Wildman–Crippen LogP) is 2.05. The quantitative estimate of drug-likeness (QED) is 0.568. The van der Waals surface area contributed by atoms with E-state index in [1.54, 1.807) is 0 Å². The highest BCUT2D eigenvalue weighted by molar-refractivity contribution is 9.09. The molecule has 2 atom stereocenters. The number of alkyl halides is 1. The van der Waals surface area contributed by atoms with Gasteiger partial charge in [-0.2, -0.15) is 0 Å². The highest BCUT2D eigenvalue weighted by Gasteiger charge is 2.57. The topological polar surface area (TPSA) is 72.8 Å². The molecule has 0 saturated heterocycles. The summed E-state index contributed by atoms with van der Waals surface area (Å²) in [6.07, 6.45) is 6.66. The van der Waals surface area contributed by atoms with Crippen molar-refractivity contribution in [3.05, 3.63) is 0 Å². The molecule has 0 spiro atoms. The van der Waals surface area contributed by atoms with E-state index in [1.165, 1.54) is 6.42 Å². The van der Waals surface area contributed by atoms with Crippen LogP contribution in [0.4, 0.5) is 0 Å². The number of ether oxygens (including phenoxy) is 2. The smallest absolute Gasteiger partial charge is 0.344 e. The minimum atomic E-state index is -0.483. The highest BCUT2D eigenvalue weighted by atomic mass is 79.9. The summed E-state index contributed by atoms with van der Waals surface area (Å²) in [6.45, 7) is 0.323. The zero-order valence-corrected chi connectivity index (χ0v) is 14.3. The van der Waals surface area contributed by atoms with Crippen molar-refractivity contribution >= 4 is 27.9 Å². The third-order valence-electron chi connectivity index (χ3n) is 5.64. The number of carbonyl (C=O) groups is 2. The number of esters is 2. The van der Waals surface area contributed by atoms with Crippen molar-refractivity contribution in [1.82, 2.24) is 0 Å². The molecule has 1 N–H and O–H groups in total. The first-order chi connectivity index (χ1) is 10.5. The van der Waals surface area contributed by atoms with Gasteiger partial charge in [0.05, 0.1) is 6.61 Å². The zero-order valence-electron chi connectivity index (χ0n) is 12.7. The molecule has 4 saturated carbocycles. The van der Waals surface area contributed by atoms with Crippen LogP contribution in [-0.4, -0.2) is 42.2 Å². The van der Waals surface area contributed by atoms with Gasteiger partial charge in [0.25, 0.3) is 0 Å². The standard InChI is InChI=1S/C16H23BrO5/c17-6-13(19)21-7-14(20)22-10-16-4-11-1-12(5-16)3-15(2-11,8-16)9-18/h11-12,18H,1-10H2. The van der Waals surface area contributed by atoms with Gasteiger partial charge in [-0.1, -0.05) is 15.9 Å². The van der Waals surface area contributed by atoms with Crippen LogP contribution in [0.1, 0.15) is 38.5 Å². The molecule has 4 aliphatic rings. The molecule has 4 fully saturated rings. The van der Waals surface area contributed by atoms with Crippen molar-refractivity contribution in [2.45, 2.75) is 38.5 Å². The summed E-state index contributed by atoms with van der Waals surface area (Å²) < 4.78 is 10.2. The molecule has 2 unspecified atom stereocenters. The molecule has 0 aromatic rings.